The van der Waals surface area contributed by atoms with Crippen LogP contribution in [0.3, 0.4) is 0 Å². The molecule has 1 aliphatic rings. The van der Waals surface area contributed by atoms with Crippen molar-refractivity contribution in [1.82, 2.24) is 9.88 Å². The molecule has 0 bridgehead atoms. The monoisotopic (exact) mass is 516 g/mol. The Labute approximate surface area is 221 Å². The minimum absolute atomic E-state index is 0.122. The van der Waals surface area contributed by atoms with Gasteiger partial charge in [-0.3, -0.25) is 9.88 Å². The molecular formula is C29H29FN4O4. The van der Waals surface area contributed by atoms with Crippen LogP contribution in [0.1, 0.15) is 28.4 Å². The van der Waals surface area contributed by atoms with E-state index in [1.807, 2.05) is 11.0 Å². The fourth-order valence-corrected chi connectivity index (χ4v) is 4.66. The molecule has 0 saturated carbocycles. The van der Waals surface area contributed by atoms with Gasteiger partial charge in [-0.15, -0.1) is 6.42 Å². The number of nitrogens with zero attached hydrogens (tertiary/aromatic N) is 4. The van der Waals surface area contributed by atoms with E-state index in [0.717, 1.165) is 5.56 Å². The lowest BCUT2D eigenvalue weighted by molar-refractivity contribution is 0.0437. The molecule has 8 nitrogen and oxygen atoms in total. The Morgan fingerprint density at radius 1 is 1.13 bits per heavy atom. The summed E-state index contributed by atoms with van der Waals surface area (Å²) in [7, 11) is 0. The lowest BCUT2D eigenvalue weighted by Gasteiger charge is -2.45. The van der Waals surface area contributed by atoms with Gasteiger partial charge in [-0.25, -0.2) is 4.39 Å². The van der Waals surface area contributed by atoms with Gasteiger partial charge in [-0.1, -0.05) is 24.1 Å². The molecule has 1 fully saturated rings. The van der Waals surface area contributed by atoms with E-state index in [9.17, 15) is 19.9 Å². The Bertz CT molecular complexity index is 1320. The van der Waals surface area contributed by atoms with Crippen molar-refractivity contribution < 1.29 is 24.4 Å². The van der Waals surface area contributed by atoms with Gasteiger partial charge in [0.25, 0.3) is 0 Å². The molecule has 0 unspecified atom stereocenters. The van der Waals surface area contributed by atoms with Crippen molar-refractivity contribution in [3.63, 3.8) is 0 Å². The van der Waals surface area contributed by atoms with E-state index in [0.29, 0.717) is 47.9 Å². The fourth-order valence-electron chi connectivity index (χ4n) is 4.66. The van der Waals surface area contributed by atoms with Gasteiger partial charge in [0.15, 0.2) is 5.60 Å². The first-order chi connectivity index (χ1) is 18.4. The van der Waals surface area contributed by atoms with E-state index in [-0.39, 0.29) is 38.2 Å². The Morgan fingerprint density at radius 3 is 2.55 bits per heavy atom. The van der Waals surface area contributed by atoms with Crippen molar-refractivity contribution in [2.24, 2.45) is 0 Å². The van der Waals surface area contributed by atoms with Gasteiger partial charge in [0.1, 0.15) is 24.2 Å². The second kappa shape index (κ2) is 12.0. The number of nitriles is 1. The van der Waals surface area contributed by atoms with E-state index in [1.165, 1.54) is 18.3 Å². The standard InChI is InChI=1S/C29H29FN4O4/c1-2-29(37,23-5-8-25(19-36)32-17-23)20-33-11-12-34(28(18-33)21-3-6-24(30)7-4-21)27-10-9-26(38-14-13-35)15-22(27)16-31/h1,3-10,15,17,28,35-37H,11-14,18-20H2/t28-,29+/m0/s1. The maximum Gasteiger partial charge on any atom is 0.164 e. The minimum Gasteiger partial charge on any atom is -0.491 e. The zero-order chi connectivity index (χ0) is 27.1. The van der Waals surface area contributed by atoms with E-state index >= 15 is 0 Å². The molecule has 3 aromatic rings. The number of aliphatic hydroxyl groups is 3. The summed E-state index contributed by atoms with van der Waals surface area (Å²) in [6.07, 6.45) is 7.25. The number of ether oxygens (including phenoxy) is 1. The normalized spacial score (nSPS) is 17.3. The molecule has 38 heavy (non-hydrogen) atoms. The third-order valence-electron chi connectivity index (χ3n) is 6.63. The lowest BCUT2D eigenvalue weighted by Crippen LogP contribution is -2.52. The van der Waals surface area contributed by atoms with Crippen LogP contribution in [0.5, 0.6) is 5.75 Å². The first kappa shape index (κ1) is 27.1. The van der Waals surface area contributed by atoms with Crippen LogP contribution in [0, 0.1) is 29.5 Å². The Morgan fingerprint density at radius 2 is 1.92 bits per heavy atom. The molecule has 0 radical (unpaired) electrons. The highest BCUT2D eigenvalue weighted by Gasteiger charge is 2.36. The van der Waals surface area contributed by atoms with Crippen LogP contribution in [0.2, 0.25) is 0 Å². The quantitative estimate of drug-likeness (QED) is 0.372. The van der Waals surface area contributed by atoms with Crippen molar-refractivity contribution in [2.75, 3.05) is 44.3 Å². The maximum absolute atomic E-state index is 13.7. The SMILES string of the molecule is C#C[C@@](O)(CN1CCN(c2ccc(OCCO)cc2C#N)[C@H](c2ccc(F)cc2)C1)c1ccc(CO)nc1. The van der Waals surface area contributed by atoms with E-state index in [1.54, 1.807) is 36.4 Å². The zero-order valence-electron chi connectivity index (χ0n) is 20.8. The zero-order valence-corrected chi connectivity index (χ0v) is 20.8. The summed E-state index contributed by atoms with van der Waals surface area (Å²) in [4.78, 5) is 8.27. The number of terminal acetylenes is 1. The molecule has 3 N–H and O–H groups in total. The smallest absolute Gasteiger partial charge is 0.164 e. The molecule has 2 atom stereocenters. The summed E-state index contributed by atoms with van der Waals surface area (Å²) in [5, 5.41) is 39.5. The molecule has 2 heterocycles. The first-order valence-electron chi connectivity index (χ1n) is 12.2. The van der Waals surface area contributed by atoms with Crippen LogP contribution in [0.15, 0.2) is 60.8 Å². The predicted molar refractivity (Wildman–Crippen MR) is 140 cm³/mol. The van der Waals surface area contributed by atoms with Crippen molar-refractivity contribution in [3.05, 3.63) is 89.0 Å². The molecular weight excluding hydrogens is 487 g/mol. The second-order valence-electron chi connectivity index (χ2n) is 9.06. The first-order valence-corrected chi connectivity index (χ1v) is 12.2. The van der Waals surface area contributed by atoms with Crippen molar-refractivity contribution in [3.8, 4) is 24.2 Å². The van der Waals surface area contributed by atoms with Gasteiger partial charge in [0.2, 0.25) is 0 Å². The molecule has 1 aliphatic heterocycles. The van der Waals surface area contributed by atoms with Gasteiger partial charge < -0.3 is 25.0 Å². The molecule has 1 saturated heterocycles. The summed E-state index contributed by atoms with van der Waals surface area (Å²) in [5.74, 6) is 2.63. The largest absolute Gasteiger partial charge is 0.491 e. The molecule has 0 aliphatic carbocycles. The summed E-state index contributed by atoms with van der Waals surface area (Å²) < 4.78 is 19.2. The average Bonchev–Trinajstić information content (AvgIpc) is 2.96. The minimum atomic E-state index is -1.61. The molecule has 9 heteroatoms. The van der Waals surface area contributed by atoms with Gasteiger partial charge in [-0.05, 0) is 42.0 Å². The van der Waals surface area contributed by atoms with Gasteiger partial charge >= 0.3 is 0 Å². The highest BCUT2D eigenvalue weighted by molar-refractivity contribution is 5.63. The molecule has 2 aromatic carbocycles. The third-order valence-corrected chi connectivity index (χ3v) is 6.63. The molecule has 0 amide bonds. The maximum atomic E-state index is 13.7. The predicted octanol–water partition coefficient (Wildman–Crippen LogP) is 2.34. The fraction of sp³-hybridized carbons (Fsp3) is 0.310. The molecule has 0 spiro atoms. The van der Waals surface area contributed by atoms with Gasteiger partial charge in [0, 0.05) is 37.9 Å². The van der Waals surface area contributed by atoms with E-state index in [4.69, 9.17) is 16.3 Å². The summed E-state index contributed by atoms with van der Waals surface area (Å²) >= 11 is 0. The second-order valence-corrected chi connectivity index (χ2v) is 9.06. The Balaban J connectivity index is 1.63. The Kier molecular flexibility index (Phi) is 8.57. The highest BCUT2D eigenvalue weighted by Crippen LogP contribution is 2.35. The summed E-state index contributed by atoms with van der Waals surface area (Å²) in [6.45, 7) is 1.41. The van der Waals surface area contributed by atoms with Crippen LogP contribution in [-0.4, -0.2) is 64.6 Å². The number of hydrogen-bond donors (Lipinski definition) is 3. The number of rotatable bonds is 9. The van der Waals surface area contributed by atoms with Crippen LogP contribution in [-0.2, 0) is 12.2 Å². The number of anilines is 1. The number of β-amino-alcohol motifs (C(OH)–C–C–N with tert-alkyl or cyclic N) is 1. The number of halogens is 1. The van der Waals surface area contributed by atoms with E-state index in [2.05, 4.69) is 21.9 Å². The molecule has 1 aromatic heterocycles. The van der Waals surface area contributed by atoms with Crippen LogP contribution in [0.25, 0.3) is 0 Å². The van der Waals surface area contributed by atoms with Crippen LogP contribution in [0.4, 0.5) is 10.1 Å². The summed E-state index contributed by atoms with van der Waals surface area (Å²) in [6, 6.07) is 16.7. The number of piperazine rings is 1. The number of benzene rings is 2. The topological polar surface area (TPSA) is 113 Å². The molecule has 196 valence electrons. The van der Waals surface area contributed by atoms with Crippen LogP contribution < -0.4 is 9.64 Å². The summed E-state index contributed by atoms with van der Waals surface area (Å²) in [5.41, 5.74) is 1.27. The Hall–Kier alpha value is -3.99. The number of pyridine rings is 1. The van der Waals surface area contributed by atoms with Crippen LogP contribution >= 0.6 is 0 Å². The molecule has 4 rings (SSSR count). The number of aliphatic hydroxyl groups excluding tert-OH is 2. The number of aromatic nitrogens is 1. The van der Waals surface area contributed by atoms with Gasteiger partial charge in [0.05, 0.1) is 36.2 Å². The third kappa shape index (κ3) is 5.94. The average molecular weight is 517 g/mol. The highest BCUT2D eigenvalue weighted by atomic mass is 19.1. The van der Waals surface area contributed by atoms with Crippen molar-refractivity contribution in [2.45, 2.75) is 18.2 Å². The van der Waals surface area contributed by atoms with E-state index < -0.39 is 5.60 Å². The van der Waals surface area contributed by atoms with Gasteiger partial charge in [-0.2, -0.15) is 5.26 Å². The van der Waals surface area contributed by atoms with Crippen molar-refractivity contribution >= 4 is 5.69 Å². The number of hydrogen-bond acceptors (Lipinski definition) is 8. The van der Waals surface area contributed by atoms with Crippen molar-refractivity contribution in [1.29, 1.82) is 5.26 Å². The lowest BCUT2D eigenvalue weighted by atomic mass is 9.93.